The molecule has 0 radical (unpaired) electrons. The highest BCUT2D eigenvalue weighted by atomic mass is 32.2. The van der Waals surface area contributed by atoms with Gasteiger partial charge in [0.05, 0.1) is 7.11 Å². The predicted octanol–water partition coefficient (Wildman–Crippen LogP) is 5.16. The van der Waals surface area contributed by atoms with E-state index in [4.69, 9.17) is 14.2 Å². The molecule has 42 heavy (non-hydrogen) atoms. The van der Waals surface area contributed by atoms with Crippen LogP contribution in [0.5, 0.6) is 0 Å². The first-order valence-corrected chi connectivity index (χ1v) is 13.8. The lowest BCUT2D eigenvalue weighted by molar-refractivity contribution is -0.156. The van der Waals surface area contributed by atoms with Crippen molar-refractivity contribution in [2.24, 2.45) is 0 Å². The largest absolute Gasteiger partial charge is 0.467 e. The van der Waals surface area contributed by atoms with E-state index in [0.717, 1.165) is 10.5 Å². The van der Waals surface area contributed by atoms with Gasteiger partial charge in [-0.1, -0.05) is 63.9 Å². The maximum absolute atomic E-state index is 12.3. The maximum Gasteiger partial charge on any atom is 0.328 e. The molecular weight excluding hydrogens is 562 g/mol. The van der Waals surface area contributed by atoms with Gasteiger partial charge < -0.3 is 29.3 Å². The zero-order valence-electron chi connectivity index (χ0n) is 25.4. The Labute approximate surface area is 257 Å². The molecule has 1 aromatic carbocycles. The minimum absolute atomic E-state index is 0. The van der Waals surface area contributed by atoms with Gasteiger partial charge in [-0.3, -0.25) is 14.4 Å². The van der Waals surface area contributed by atoms with Crippen LogP contribution in [0.1, 0.15) is 68.9 Å². The van der Waals surface area contributed by atoms with Crippen LogP contribution in [0, 0.1) is 0 Å². The second-order valence-electron chi connectivity index (χ2n) is 10.8. The van der Waals surface area contributed by atoms with Crippen molar-refractivity contribution in [2.45, 2.75) is 87.0 Å². The van der Waals surface area contributed by atoms with Crippen LogP contribution in [-0.2, 0) is 35.0 Å². The van der Waals surface area contributed by atoms with Crippen LogP contribution in [0.15, 0.2) is 30.3 Å². The second kappa shape index (κ2) is 20.6. The Morgan fingerprint density at radius 3 is 1.69 bits per heavy atom. The first kappa shape index (κ1) is 43.2. The summed E-state index contributed by atoms with van der Waals surface area (Å²) in [4.78, 5) is 61.2. The Kier molecular flexibility index (Phi) is 21.2. The van der Waals surface area contributed by atoms with Gasteiger partial charge in [0.1, 0.15) is 30.3 Å². The number of methoxy groups -OCH3 is 1. The van der Waals surface area contributed by atoms with Crippen molar-refractivity contribution in [2.75, 3.05) is 40.0 Å². The van der Waals surface area contributed by atoms with Gasteiger partial charge in [-0.15, -0.1) is 0 Å². The summed E-state index contributed by atoms with van der Waals surface area (Å²) in [5.74, 6) is -0.752. The van der Waals surface area contributed by atoms with Crippen molar-refractivity contribution < 1.29 is 38.2 Å². The number of thioether (sulfide) groups is 1. The average molecular weight is 616 g/mol. The van der Waals surface area contributed by atoms with E-state index >= 15 is 0 Å². The number of rotatable bonds is 9. The fraction of sp³-hybridized carbons (Fsp3) is 0.633. The quantitative estimate of drug-likeness (QED) is 0.296. The van der Waals surface area contributed by atoms with Crippen LogP contribution in [0.25, 0.3) is 0 Å². The third-order valence-corrected chi connectivity index (χ3v) is 5.41. The molecule has 0 heterocycles. The molecule has 1 atom stereocenters. The number of esters is 3. The first-order valence-electron chi connectivity index (χ1n) is 12.8. The molecule has 0 aliphatic heterocycles. The SMILES string of the molecule is C.C.CCSC(=O)N(C)CC(=O)OC(C)(C)C.COC(=O)C(Cc1ccccc1)NC(=O)N(C)CC(=O)OC(C)(C)C. The van der Waals surface area contributed by atoms with Crippen LogP contribution >= 0.6 is 11.8 Å². The third kappa shape index (κ3) is 20.6. The molecule has 1 unspecified atom stereocenters. The van der Waals surface area contributed by atoms with Gasteiger partial charge >= 0.3 is 23.9 Å². The molecule has 0 aliphatic rings. The molecule has 0 aromatic heterocycles. The van der Waals surface area contributed by atoms with Gasteiger partial charge in [0.15, 0.2) is 0 Å². The zero-order chi connectivity index (χ0) is 31.1. The minimum atomic E-state index is -0.846. The van der Waals surface area contributed by atoms with E-state index in [1.807, 2.05) is 37.3 Å². The number of nitrogens with zero attached hydrogens (tertiary/aromatic N) is 2. The van der Waals surface area contributed by atoms with Gasteiger partial charge in [-0.25, -0.2) is 9.59 Å². The van der Waals surface area contributed by atoms with E-state index in [0.29, 0.717) is 12.2 Å². The molecule has 1 rings (SSSR count). The van der Waals surface area contributed by atoms with Crippen LogP contribution in [-0.4, -0.2) is 96.3 Å². The summed E-state index contributed by atoms with van der Waals surface area (Å²) in [5.41, 5.74) is -0.247. The topological polar surface area (TPSA) is 132 Å². The fourth-order valence-electron chi connectivity index (χ4n) is 2.95. The molecule has 0 fully saturated rings. The monoisotopic (exact) mass is 615 g/mol. The molecule has 0 aliphatic carbocycles. The Hall–Kier alpha value is -3.28. The van der Waals surface area contributed by atoms with E-state index in [1.165, 1.54) is 30.8 Å². The lowest BCUT2D eigenvalue weighted by atomic mass is 10.1. The Morgan fingerprint density at radius 2 is 1.29 bits per heavy atom. The molecule has 1 aromatic rings. The highest BCUT2D eigenvalue weighted by Crippen LogP contribution is 2.10. The fourth-order valence-corrected chi connectivity index (χ4v) is 3.48. The minimum Gasteiger partial charge on any atom is -0.467 e. The number of benzene rings is 1. The number of amides is 3. The van der Waals surface area contributed by atoms with E-state index in [2.05, 4.69) is 5.32 Å². The molecule has 0 spiro atoms. The molecule has 1 N–H and O–H groups in total. The number of carbonyl (C=O) groups excluding carboxylic acids is 5. The average Bonchev–Trinajstić information content (AvgIpc) is 2.81. The number of carbonyl (C=O) groups is 5. The van der Waals surface area contributed by atoms with Crippen LogP contribution in [0.3, 0.4) is 0 Å². The standard InChI is InChI=1S/C18H26N2O5.C10H19NO3S.2CH4/c1-18(2,3)25-15(21)12-20(4)17(23)19-14(16(22)24-5)11-13-9-7-6-8-10-13;1-6-15-9(13)11(5)7-8(12)14-10(2,3)4;;/h6-10,14H,11-12H2,1-5H3,(H,19,23);6-7H2,1-5H3;2*1H4. The van der Waals surface area contributed by atoms with Crippen LogP contribution in [0.2, 0.25) is 0 Å². The predicted molar refractivity (Wildman–Crippen MR) is 168 cm³/mol. The summed E-state index contributed by atoms with van der Waals surface area (Å²) < 4.78 is 15.0. The lowest BCUT2D eigenvalue weighted by Gasteiger charge is -2.24. The summed E-state index contributed by atoms with van der Waals surface area (Å²) in [6.45, 7) is 12.3. The summed E-state index contributed by atoms with van der Waals surface area (Å²) in [7, 11) is 4.31. The summed E-state index contributed by atoms with van der Waals surface area (Å²) in [6.07, 6.45) is 0.291. The van der Waals surface area contributed by atoms with E-state index < -0.39 is 35.2 Å². The smallest absolute Gasteiger partial charge is 0.328 e. The molecule has 0 saturated heterocycles. The zero-order valence-corrected chi connectivity index (χ0v) is 26.2. The van der Waals surface area contributed by atoms with Gasteiger partial charge in [0.2, 0.25) is 0 Å². The molecule has 0 bridgehead atoms. The molecular formula is C30H53N3O8S. The third-order valence-electron chi connectivity index (χ3n) is 4.56. The van der Waals surface area contributed by atoms with E-state index in [-0.39, 0.29) is 39.2 Å². The number of likely N-dealkylation sites (N-methyl/N-ethyl adjacent to an activating group) is 2. The van der Waals surface area contributed by atoms with E-state index in [9.17, 15) is 24.0 Å². The number of urea groups is 1. The highest BCUT2D eigenvalue weighted by molar-refractivity contribution is 8.13. The normalized spacial score (nSPS) is 11.1. The van der Waals surface area contributed by atoms with Crippen molar-refractivity contribution in [1.82, 2.24) is 15.1 Å². The number of hydrogen-bond donors (Lipinski definition) is 1. The first-order chi connectivity index (χ1) is 18.4. The number of nitrogens with one attached hydrogen (secondary N) is 1. The Morgan fingerprint density at radius 1 is 0.833 bits per heavy atom. The maximum atomic E-state index is 12.3. The van der Waals surface area contributed by atoms with Gasteiger partial charge in [0, 0.05) is 20.5 Å². The molecule has 12 heteroatoms. The molecule has 11 nitrogen and oxygen atoms in total. The van der Waals surface area contributed by atoms with Crippen molar-refractivity contribution >= 4 is 40.9 Å². The lowest BCUT2D eigenvalue weighted by Crippen LogP contribution is -2.49. The summed E-state index contributed by atoms with van der Waals surface area (Å²) in [6, 6.07) is 7.86. The molecule has 0 saturated carbocycles. The second-order valence-corrected chi connectivity index (χ2v) is 12.0. The summed E-state index contributed by atoms with van der Waals surface area (Å²) in [5, 5.41) is 2.48. The van der Waals surface area contributed by atoms with Crippen LogP contribution in [0.4, 0.5) is 9.59 Å². The van der Waals surface area contributed by atoms with Gasteiger partial charge in [-0.2, -0.15) is 0 Å². The van der Waals surface area contributed by atoms with Crippen molar-refractivity contribution in [3.05, 3.63) is 35.9 Å². The summed E-state index contributed by atoms with van der Waals surface area (Å²) >= 11 is 1.18. The van der Waals surface area contributed by atoms with Gasteiger partial charge in [-0.05, 0) is 52.9 Å². The molecule has 3 amide bonds. The van der Waals surface area contributed by atoms with Crippen LogP contribution < -0.4 is 5.32 Å². The highest BCUT2D eigenvalue weighted by Gasteiger charge is 2.25. The van der Waals surface area contributed by atoms with E-state index in [1.54, 1.807) is 48.6 Å². The van der Waals surface area contributed by atoms with Gasteiger partial charge in [0.25, 0.3) is 5.24 Å². The Balaban J connectivity index is -0.000000776. The Bertz CT molecular complexity index is 975. The number of ether oxygens (including phenoxy) is 3. The molecule has 242 valence electrons. The number of hydrogen-bond acceptors (Lipinski definition) is 9. The van der Waals surface area contributed by atoms with Crippen molar-refractivity contribution in [3.63, 3.8) is 0 Å². The van der Waals surface area contributed by atoms with Crippen molar-refractivity contribution in [1.29, 1.82) is 0 Å². The van der Waals surface area contributed by atoms with Crippen molar-refractivity contribution in [3.8, 4) is 0 Å².